The Morgan fingerprint density at radius 1 is 1.24 bits per heavy atom. The summed E-state index contributed by atoms with van der Waals surface area (Å²) in [5.74, 6) is -1.02. The van der Waals surface area contributed by atoms with Crippen LogP contribution in [-0.2, 0) is 19.0 Å². The summed E-state index contributed by atoms with van der Waals surface area (Å²) in [6.45, 7) is 2.22. The monoisotopic (exact) mass is 256 g/mol. The molecule has 0 aliphatic carbocycles. The molecule has 1 unspecified atom stereocenters. The van der Waals surface area contributed by atoms with E-state index in [2.05, 4.69) is 0 Å². The molecule has 0 radical (unpaired) electrons. The minimum atomic E-state index is -3.74. The maximum atomic E-state index is 12.0. The summed E-state index contributed by atoms with van der Waals surface area (Å²) in [4.78, 5) is 0.162. The molecule has 94 valence electrons. The van der Waals surface area contributed by atoms with E-state index in [1.807, 2.05) is 0 Å². The molecule has 0 N–H and O–H groups in total. The molecule has 17 heavy (non-hydrogen) atoms. The third kappa shape index (κ3) is 3.06. The van der Waals surface area contributed by atoms with Crippen LogP contribution in [0.3, 0.4) is 0 Å². The van der Waals surface area contributed by atoms with Crippen molar-refractivity contribution < 1.29 is 17.3 Å². The smallest absolute Gasteiger partial charge is 0.299 e. The highest BCUT2D eigenvalue weighted by molar-refractivity contribution is 7.86. The highest BCUT2D eigenvalue weighted by Gasteiger charge is 2.35. The van der Waals surface area contributed by atoms with Gasteiger partial charge < -0.3 is 4.74 Å². The SMILES string of the molecule is CC1(OS(=O)(=O)c2ccccc2)CCCCO1. The highest BCUT2D eigenvalue weighted by atomic mass is 32.2. The van der Waals surface area contributed by atoms with Gasteiger partial charge in [0.15, 0.2) is 5.79 Å². The van der Waals surface area contributed by atoms with Gasteiger partial charge in [0.1, 0.15) is 0 Å². The van der Waals surface area contributed by atoms with Gasteiger partial charge in [-0.3, -0.25) is 0 Å². The van der Waals surface area contributed by atoms with Crippen molar-refractivity contribution in [2.45, 2.75) is 36.9 Å². The molecule has 1 aliphatic heterocycles. The van der Waals surface area contributed by atoms with Crippen LogP contribution in [0.2, 0.25) is 0 Å². The molecule has 1 atom stereocenters. The summed E-state index contributed by atoms with van der Waals surface area (Å²) in [7, 11) is -3.74. The molecule has 1 fully saturated rings. The zero-order valence-corrected chi connectivity index (χ0v) is 10.6. The molecule has 1 aliphatic rings. The largest absolute Gasteiger partial charge is 0.349 e. The minimum absolute atomic E-state index is 0.162. The van der Waals surface area contributed by atoms with E-state index >= 15 is 0 Å². The molecule has 1 aromatic rings. The van der Waals surface area contributed by atoms with E-state index in [9.17, 15) is 8.42 Å². The van der Waals surface area contributed by atoms with E-state index < -0.39 is 15.9 Å². The van der Waals surface area contributed by atoms with Crippen LogP contribution in [0.5, 0.6) is 0 Å². The van der Waals surface area contributed by atoms with Gasteiger partial charge in [-0.2, -0.15) is 8.42 Å². The summed E-state index contributed by atoms with van der Waals surface area (Å²) in [6, 6.07) is 8.13. The van der Waals surface area contributed by atoms with E-state index in [4.69, 9.17) is 8.92 Å². The highest BCUT2D eigenvalue weighted by Crippen LogP contribution is 2.29. The first-order chi connectivity index (χ1) is 8.02. The fraction of sp³-hybridized carbons (Fsp3) is 0.500. The Balaban J connectivity index is 2.17. The number of hydrogen-bond donors (Lipinski definition) is 0. The molecule has 1 aromatic carbocycles. The summed E-state index contributed by atoms with van der Waals surface area (Å²) in [5.41, 5.74) is 0. The first-order valence-electron chi connectivity index (χ1n) is 5.67. The van der Waals surface area contributed by atoms with Crippen LogP contribution in [0, 0.1) is 0 Å². The van der Waals surface area contributed by atoms with Crippen LogP contribution in [-0.4, -0.2) is 20.8 Å². The predicted molar refractivity (Wildman–Crippen MR) is 62.9 cm³/mol. The van der Waals surface area contributed by atoms with Crippen molar-refractivity contribution in [1.82, 2.24) is 0 Å². The molecule has 0 amide bonds. The van der Waals surface area contributed by atoms with Gasteiger partial charge in [0.05, 0.1) is 11.5 Å². The van der Waals surface area contributed by atoms with Gasteiger partial charge in [0, 0.05) is 6.42 Å². The van der Waals surface area contributed by atoms with E-state index in [0.717, 1.165) is 12.8 Å². The van der Waals surface area contributed by atoms with Crippen molar-refractivity contribution in [2.24, 2.45) is 0 Å². The molecular formula is C12H16O4S. The van der Waals surface area contributed by atoms with Crippen LogP contribution < -0.4 is 0 Å². The van der Waals surface area contributed by atoms with Gasteiger partial charge in [0.25, 0.3) is 10.1 Å². The second-order valence-electron chi connectivity index (χ2n) is 4.29. The molecule has 0 bridgehead atoms. The maximum Gasteiger partial charge on any atom is 0.299 e. The Labute approximate surface area is 102 Å². The lowest BCUT2D eigenvalue weighted by atomic mass is 10.1. The van der Waals surface area contributed by atoms with Crippen LogP contribution in [0.25, 0.3) is 0 Å². The van der Waals surface area contributed by atoms with E-state index in [1.54, 1.807) is 25.1 Å². The van der Waals surface area contributed by atoms with Crippen LogP contribution >= 0.6 is 0 Å². The Kier molecular flexibility index (Phi) is 3.51. The van der Waals surface area contributed by atoms with E-state index in [1.165, 1.54) is 12.1 Å². The van der Waals surface area contributed by atoms with E-state index in [0.29, 0.717) is 13.0 Å². The number of rotatable bonds is 3. The third-order valence-electron chi connectivity index (χ3n) is 2.75. The first-order valence-corrected chi connectivity index (χ1v) is 7.07. The van der Waals surface area contributed by atoms with Crippen molar-refractivity contribution in [3.05, 3.63) is 30.3 Å². The van der Waals surface area contributed by atoms with Crippen molar-refractivity contribution in [1.29, 1.82) is 0 Å². The summed E-state index contributed by atoms with van der Waals surface area (Å²) < 4.78 is 34.6. The van der Waals surface area contributed by atoms with Gasteiger partial charge in [-0.1, -0.05) is 18.2 Å². The molecule has 0 aromatic heterocycles. The maximum absolute atomic E-state index is 12.0. The second-order valence-corrected chi connectivity index (χ2v) is 5.84. The number of benzene rings is 1. The molecular weight excluding hydrogens is 240 g/mol. The summed E-state index contributed by atoms with van der Waals surface area (Å²) >= 11 is 0. The third-order valence-corrected chi connectivity index (χ3v) is 4.17. The van der Waals surface area contributed by atoms with Crippen LogP contribution in [0.4, 0.5) is 0 Å². The quantitative estimate of drug-likeness (QED) is 0.779. The molecule has 4 nitrogen and oxygen atoms in total. The first kappa shape index (κ1) is 12.5. The van der Waals surface area contributed by atoms with Gasteiger partial charge in [0.2, 0.25) is 0 Å². The molecule has 2 rings (SSSR count). The van der Waals surface area contributed by atoms with E-state index in [-0.39, 0.29) is 4.90 Å². The topological polar surface area (TPSA) is 52.6 Å². The van der Waals surface area contributed by atoms with Crippen LogP contribution in [0.15, 0.2) is 35.2 Å². The van der Waals surface area contributed by atoms with Crippen LogP contribution in [0.1, 0.15) is 26.2 Å². The van der Waals surface area contributed by atoms with Gasteiger partial charge in [-0.05, 0) is 31.9 Å². The fourth-order valence-electron chi connectivity index (χ4n) is 1.84. The minimum Gasteiger partial charge on any atom is -0.349 e. The Bertz CT molecular complexity index is 461. The van der Waals surface area contributed by atoms with Crippen molar-refractivity contribution in [3.63, 3.8) is 0 Å². The second kappa shape index (κ2) is 4.76. The number of hydrogen-bond acceptors (Lipinski definition) is 4. The Morgan fingerprint density at radius 3 is 2.53 bits per heavy atom. The lowest BCUT2D eigenvalue weighted by molar-refractivity contribution is -0.189. The zero-order valence-electron chi connectivity index (χ0n) is 9.76. The lowest BCUT2D eigenvalue weighted by Gasteiger charge is -2.32. The van der Waals surface area contributed by atoms with Gasteiger partial charge in [-0.15, -0.1) is 0 Å². The predicted octanol–water partition coefficient (Wildman–Crippen LogP) is 2.31. The lowest BCUT2D eigenvalue weighted by Crippen LogP contribution is -2.37. The molecule has 1 heterocycles. The van der Waals surface area contributed by atoms with Crippen molar-refractivity contribution in [3.8, 4) is 0 Å². The average molecular weight is 256 g/mol. The molecule has 0 saturated carbocycles. The molecule has 0 spiro atoms. The van der Waals surface area contributed by atoms with Crippen molar-refractivity contribution in [2.75, 3.05) is 6.61 Å². The van der Waals surface area contributed by atoms with Gasteiger partial charge in [-0.25, -0.2) is 4.18 Å². The summed E-state index contributed by atoms with van der Waals surface area (Å²) in [6.07, 6.45) is 2.46. The number of ether oxygens (including phenoxy) is 1. The van der Waals surface area contributed by atoms with Gasteiger partial charge >= 0.3 is 0 Å². The standard InChI is InChI=1S/C12H16O4S/c1-12(9-5-6-10-15-12)16-17(13,14)11-7-3-2-4-8-11/h2-4,7-8H,5-6,9-10H2,1H3. The summed E-state index contributed by atoms with van der Waals surface area (Å²) in [5, 5.41) is 0. The molecule has 1 saturated heterocycles. The Morgan fingerprint density at radius 2 is 1.94 bits per heavy atom. The molecule has 5 heteroatoms. The zero-order chi connectivity index (χ0) is 12.4. The fourth-order valence-corrected chi connectivity index (χ4v) is 3.02. The van der Waals surface area contributed by atoms with Crippen molar-refractivity contribution >= 4 is 10.1 Å². The average Bonchev–Trinajstić information content (AvgIpc) is 2.30. The Hall–Kier alpha value is -0.910. The normalized spacial score (nSPS) is 25.7.